The lowest BCUT2D eigenvalue weighted by Crippen LogP contribution is -2.30. The number of carbonyl (C=O) groups is 1. The molecule has 1 heterocycles. The quantitative estimate of drug-likeness (QED) is 0.767. The van der Waals surface area contributed by atoms with E-state index in [0.29, 0.717) is 0 Å². The van der Waals surface area contributed by atoms with E-state index in [1.165, 1.54) is 30.5 Å². The van der Waals surface area contributed by atoms with Crippen molar-refractivity contribution in [2.75, 3.05) is 0 Å². The van der Waals surface area contributed by atoms with Crippen LogP contribution in [0, 0.1) is 5.82 Å². The maximum Gasteiger partial charge on any atom is 0.341 e. The molecule has 1 aromatic carbocycles. The van der Waals surface area contributed by atoms with Crippen LogP contribution < -0.4 is 5.32 Å². The Morgan fingerprint density at radius 2 is 2.12 bits per heavy atom. The lowest BCUT2D eigenvalue weighted by Gasteiger charge is -2.15. The molecule has 1 aromatic rings. The summed E-state index contributed by atoms with van der Waals surface area (Å²) < 4.78 is 17.6. The van der Waals surface area contributed by atoms with E-state index in [2.05, 4.69) is 10.3 Å². The van der Waals surface area contributed by atoms with Crippen molar-refractivity contribution in [3.05, 3.63) is 47.9 Å². The van der Waals surface area contributed by atoms with Gasteiger partial charge in [0.05, 0.1) is 5.56 Å². The second kappa shape index (κ2) is 4.57. The maximum absolute atomic E-state index is 12.6. The molecule has 1 aliphatic heterocycles. The first-order chi connectivity index (χ1) is 7.75. The number of hydrogen-bond acceptors (Lipinski definition) is 4. The molecule has 4 nitrogen and oxygen atoms in total. The molecule has 0 radical (unpaired) electrons. The number of allylic oxidation sites excluding steroid dienone is 1. The zero-order valence-corrected chi connectivity index (χ0v) is 8.26. The van der Waals surface area contributed by atoms with Crippen molar-refractivity contribution in [1.82, 2.24) is 5.32 Å². The summed E-state index contributed by atoms with van der Waals surface area (Å²) in [6.45, 7) is 0. The van der Waals surface area contributed by atoms with Crippen LogP contribution in [0.1, 0.15) is 10.4 Å². The molecule has 1 atom stereocenters. The highest BCUT2D eigenvalue weighted by atomic mass is 19.1. The van der Waals surface area contributed by atoms with E-state index < -0.39 is 18.1 Å². The van der Waals surface area contributed by atoms with Gasteiger partial charge >= 0.3 is 5.97 Å². The van der Waals surface area contributed by atoms with E-state index in [1.807, 2.05) is 0 Å². The number of rotatable bonds is 2. The first-order valence-corrected chi connectivity index (χ1v) is 4.66. The number of ether oxygens (including phenoxy) is 1. The Hall–Kier alpha value is -2.17. The minimum Gasteiger partial charge on any atom is -0.417 e. The average Bonchev–Trinajstić information content (AvgIpc) is 2.31. The van der Waals surface area contributed by atoms with Gasteiger partial charge in [-0.15, -0.1) is 0 Å². The van der Waals surface area contributed by atoms with E-state index in [4.69, 9.17) is 4.74 Å². The maximum atomic E-state index is 12.6. The minimum absolute atomic E-state index is 0.285. The molecule has 82 valence electrons. The van der Waals surface area contributed by atoms with Crippen LogP contribution in [0.4, 0.5) is 4.39 Å². The number of aliphatic imine (C=N–C) groups is 1. The van der Waals surface area contributed by atoms with Gasteiger partial charge in [0.2, 0.25) is 0 Å². The normalized spacial score (nSPS) is 17.9. The Kier molecular flexibility index (Phi) is 2.95. The van der Waals surface area contributed by atoms with E-state index >= 15 is 0 Å². The van der Waals surface area contributed by atoms with E-state index in [9.17, 15) is 9.18 Å². The van der Waals surface area contributed by atoms with Crippen molar-refractivity contribution < 1.29 is 13.9 Å². The second-order valence-corrected chi connectivity index (χ2v) is 3.09. The number of hydrogen-bond donors (Lipinski definition) is 1. The first kappa shape index (κ1) is 10.4. The van der Waals surface area contributed by atoms with Crippen molar-refractivity contribution in [3.8, 4) is 0 Å². The third kappa shape index (κ3) is 2.44. The number of benzene rings is 1. The molecular formula is C11H9FN2O2. The van der Waals surface area contributed by atoms with Crippen molar-refractivity contribution >= 4 is 12.2 Å². The average molecular weight is 220 g/mol. The van der Waals surface area contributed by atoms with Crippen molar-refractivity contribution in [2.45, 2.75) is 6.35 Å². The van der Waals surface area contributed by atoms with Gasteiger partial charge < -0.3 is 10.1 Å². The van der Waals surface area contributed by atoms with Gasteiger partial charge in [0.1, 0.15) is 5.82 Å². The van der Waals surface area contributed by atoms with Crippen molar-refractivity contribution in [3.63, 3.8) is 0 Å². The summed E-state index contributed by atoms with van der Waals surface area (Å²) in [7, 11) is 0. The molecule has 0 spiro atoms. The highest BCUT2D eigenvalue weighted by Crippen LogP contribution is 2.06. The van der Waals surface area contributed by atoms with Crippen LogP contribution in [0.3, 0.4) is 0 Å². The molecule has 1 unspecified atom stereocenters. The van der Waals surface area contributed by atoms with Gasteiger partial charge in [-0.2, -0.15) is 0 Å². The molecule has 0 bridgehead atoms. The van der Waals surface area contributed by atoms with Crippen LogP contribution in [0.15, 0.2) is 41.5 Å². The Morgan fingerprint density at radius 1 is 1.38 bits per heavy atom. The fourth-order valence-electron chi connectivity index (χ4n) is 1.17. The lowest BCUT2D eigenvalue weighted by molar-refractivity contribution is 0.0274. The molecule has 5 heteroatoms. The monoisotopic (exact) mass is 220 g/mol. The van der Waals surface area contributed by atoms with E-state index in [0.717, 1.165) is 0 Å². The Bertz CT molecular complexity index is 440. The summed E-state index contributed by atoms with van der Waals surface area (Å²) in [6, 6.07) is 5.13. The van der Waals surface area contributed by atoms with Gasteiger partial charge in [0.25, 0.3) is 6.35 Å². The molecule has 0 aliphatic carbocycles. The summed E-state index contributed by atoms with van der Waals surface area (Å²) in [4.78, 5) is 15.4. The standard InChI is InChI=1S/C11H9FN2O2/c12-9-4-2-8(3-5-9)10(15)16-11-13-6-1-7-14-11/h1-7,11,13H. The summed E-state index contributed by atoms with van der Waals surface area (Å²) >= 11 is 0. The van der Waals surface area contributed by atoms with Gasteiger partial charge in [-0.05, 0) is 30.3 Å². The summed E-state index contributed by atoms with van der Waals surface area (Å²) in [5, 5.41) is 2.74. The van der Waals surface area contributed by atoms with E-state index in [1.54, 1.807) is 12.3 Å². The molecule has 0 saturated carbocycles. The van der Waals surface area contributed by atoms with Gasteiger partial charge in [0, 0.05) is 12.4 Å². The number of nitrogens with one attached hydrogen (secondary N) is 1. The molecular weight excluding hydrogens is 211 g/mol. The van der Waals surface area contributed by atoms with Crippen LogP contribution in [-0.2, 0) is 4.74 Å². The first-order valence-electron chi connectivity index (χ1n) is 4.66. The molecule has 1 aliphatic rings. The van der Waals surface area contributed by atoms with Crippen LogP contribution in [0.5, 0.6) is 0 Å². The molecule has 2 rings (SSSR count). The Morgan fingerprint density at radius 3 is 2.75 bits per heavy atom. The predicted octanol–water partition coefficient (Wildman–Crippen LogP) is 1.45. The number of esters is 1. The van der Waals surface area contributed by atoms with Crippen molar-refractivity contribution in [2.24, 2.45) is 4.99 Å². The predicted molar refractivity (Wildman–Crippen MR) is 56.4 cm³/mol. The van der Waals surface area contributed by atoms with Gasteiger partial charge in [-0.3, -0.25) is 0 Å². The summed E-state index contributed by atoms with van der Waals surface area (Å²) in [5.74, 6) is -0.946. The molecule has 0 aromatic heterocycles. The highest BCUT2D eigenvalue weighted by molar-refractivity contribution is 5.89. The molecule has 0 amide bonds. The number of nitrogens with zero attached hydrogens (tertiary/aromatic N) is 1. The number of carbonyl (C=O) groups excluding carboxylic acids is 1. The fraction of sp³-hybridized carbons (Fsp3) is 0.0909. The summed E-state index contributed by atoms with van der Waals surface area (Å²) in [6.07, 6.45) is 4.11. The van der Waals surface area contributed by atoms with Crippen LogP contribution in [0.2, 0.25) is 0 Å². The fourth-order valence-corrected chi connectivity index (χ4v) is 1.17. The minimum atomic E-state index is -0.720. The van der Waals surface area contributed by atoms with Gasteiger partial charge in [-0.25, -0.2) is 14.2 Å². The van der Waals surface area contributed by atoms with Crippen LogP contribution >= 0.6 is 0 Å². The Labute approximate surface area is 91.4 Å². The molecule has 0 fully saturated rings. The molecule has 0 saturated heterocycles. The SMILES string of the molecule is O=C(OC1N=CC=CN1)c1ccc(F)cc1. The third-order valence-electron chi connectivity index (χ3n) is 1.94. The number of halogens is 1. The van der Waals surface area contributed by atoms with Crippen LogP contribution in [-0.4, -0.2) is 18.5 Å². The second-order valence-electron chi connectivity index (χ2n) is 3.09. The highest BCUT2D eigenvalue weighted by Gasteiger charge is 2.13. The lowest BCUT2D eigenvalue weighted by atomic mass is 10.2. The van der Waals surface area contributed by atoms with Gasteiger partial charge in [0.15, 0.2) is 0 Å². The molecule has 16 heavy (non-hydrogen) atoms. The topological polar surface area (TPSA) is 50.7 Å². The zero-order valence-electron chi connectivity index (χ0n) is 8.26. The third-order valence-corrected chi connectivity index (χ3v) is 1.94. The summed E-state index contributed by atoms with van der Waals surface area (Å²) in [5.41, 5.74) is 0.285. The Balaban J connectivity index is 2.00. The van der Waals surface area contributed by atoms with Gasteiger partial charge in [-0.1, -0.05) is 0 Å². The van der Waals surface area contributed by atoms with Crippen molar-refractivity contribution in [1.29, 1.82) is 0 Å². The zero-order chi connectivity index (χ0) is 11.4. The molecule has 1 N–H and O–H groups in total. The smallest absolute Gasteiger partial charge is 0.341 e. The largest absolute Gasteiger partial charge is 0.417 e. The van der Waals surface area contributed by atoms with Crippen LogP contribution in [0.25, 0.3) is 0 Å². The van der Waals surface area contributed by atoms with E-state index in [-0.39, 0.29) is 5.56 Å².